The maximum atomic E-state index is 6.25. The molecule has 1 fully saturated rings. The van der Waals surface area contributed by atoms with Crippen LogP contribution in [0.5, 0.6) is 5.75 Å². The number of pyridine rings is 1. The molecule has 27 heavy (non-hydrogen) atoms. The van der Waals surface area contributed by atoms with Gasteiger partial charge in [-0.2, -0.15) is 0 Å². The first-order valence-corrected chi connectivity index (χ1v) is 9.21. The van der Waals surface area contributed by atoms with Crippen molar-refractivity contribution in [3.63, 3.8) is 0 Å². The second kappa shape index (κ2) is 7.51. The Labute approximate surface area is 159 Å². The van der Waals surface area contributed by atoms with Gasteiger partial charge >= 0.3 is 0 Å². The van der Waals surface area contributed by atoms with Crippen LogP contribution in [0.4, 0.5) is 0 Å². The van der Waals surface area contributed by atoms with Gasteiger partial charge in [-0.3, -0.25) is 4.98 Å². The SMILES string of the molecule is CC1OC(COc2cccnc2)(c2ccc(-c3ccccc3)cc2)OC1C. The van der Waals surface area contributed by atoms with Crippen LogP contribution in [-0.2, 0) is 15.3 Å². The molecule has 3 aromatic rings. The van der Waals surface area contributed by atoms with Crippen molar-refractivity contribution in [1.82, 2.24) is 4.98 Å². The zero-order valence-electron chi connectivity index (χ0n) is 15.5. The predicted octanol–water partition coefficient (Wildman–Crippen LogP) is 4.80. The molecule has 138 valence electrons. The first kappa shape index (κ1) is 17.7. The van der Waals surface area contributed by atoms with Gasteiger partial charge in [0.25, 0.3) is 0 Å². The molecular weight excluding hydrogens is 338 g/mol. The Morgan fingerprint density at radius 1 is 0.852 bits per heavy atom. The summed E-state index contributed by atoms with van der Waals surface area (Å²) in [4.78, 5) is 4.09. The van der Waals surface area contributed by atoms with Gasteiger partial charge < -0.3 is 14.2 Å². The summed E-state index contributed by atoms with van der Waals surface area (Å²) in [7, 11) is 0. The van der Waals surface area contributed by atoms with Gasteiger partial charge in [-0.15, -0.1) is 0 Å². The smallest absolute Gasteiger partial charge is 0.231 e. The molecule has 2 unspecified atom stereocenters. The fraction of sp³-hybridized carbons (Fsp3) is 0.261. The van der Waals surface area contributed by atoms with Gasteiger partial charge in [0.2, 0.25) is 5.79 Å². The van der Waals surface area contributed by atoms with E-state index in [-0.39, 0.29) is 18.8 Å². The molecular formula is C23H23NO3. The number of nitrogens with zero attached hydrogens (tertiary/aromatic N) is 1. The third kappa shape index (κ3) is 3.72. The van der Waals surface area contributed by atoms with E-state index < -0.39 is 5.79 Å². The maximum absolute atomic E-state index is 6.25. The van der Waals surface area contributed by atoms with Gasteiger partial charge in [0.15, 0.2) is 0 Å². The van der Waals surface area contributed by atoms with Crippen molar-refractivity contribution in [3.05, 3.63) is 84.7 Å². The van der Waals surface area contributed by atoms with Gasteiger partial charge in [0.05, 0.1) is 18.4 Å². The van der Waals surface area contributed by atoms with Crippen LogP contribution in [0.25, 0.3) is 11.1 Å². The molecule has 1 saturated heterocycles. The minimum Gasteiger partial charge on any atom is -0.486 e. The number of rotatable bonds is 5. The summed E-state index contributed by atoms with van der Waals surface area (Å²) in [6, 6.07) is 22.3. The highest BCUT2D eigenvalue weighted by atomic mass is 16.8. The van der Waals surface area contributed by atoms with Crippen molar-refractivity contribution >= 4 is 0 Å². The zero-order valence-corrected chi connectivity index (χ0v) is 15.5. The maximum Gasteiger partial charge on any atom is 0.231 e. The first-order chi connectivity index (χ1) is 13.2. The molecule has 0 aliphatic carbocycles. The number of aromatic nitrogens is 1. The van der Waals surface area contributed by atoms with E-state index in [9.17, 15) is 0 Å². The summed E-state index contributed by atoms with van der Waals surface area (Å²) in [5.41, 5.74) is 3.28. The fourth-order valence-electron chi connectivity index (χ4n) is 3.27. The average Bonchev–Trinajstić information content (AvgIpc) is 3.03. The van der Waals surface area contributed by atoms with Crippen LogP contribution < -0.4 is 4.74 Å². The van der Waals surface area contributed by atoms with Crippen LogP contribution >= 0.6 is 0 Å². The van der Waals surface area contributed by atoms with E-state index in [0.29, 0.717) is 5.75 Å². The van der Waals surface area contributed by atoms with E-state index in [0.717, 1.165) is 11.1 Å². The van der Waals surface area contributed by atoms with E-state index >= 15 is 0 Å². The lowest BCUT2D eigenvalue weighted by Crippen LogP contribution is -2.35. The minimum absolute atomic E-state index is 0.0173. The molecule has 1 aromatic heterocycles. The molecule has 0 bridgehead atoms. The molecule has 0 radical (unpaired) electrons. The van der Waals surface area contributed by atoms with Crippen LogP contribution in [0.15, 0.2) is 79.1 Å². The number of hydrogen-bond acceptors (Lipinski definition) is 4. The molecule has 2 atom stereocenters. The highest BCUT2D eigenvalue weighted by Gasteiger charge is 2.46. The largest absolute Gasteiger partial charge is 0.486 e. The molecule has 0 N–H and O–H groups in total. The quantitative estimate of drug-likeness (QED) is 0.654. The Balaban J connectivity index is 1.61. The van der Waals surface area contributed by atoms with E-state index in [1.165, 1.54) is 5.56 Å². The van der Waals surface area contributed by atoms with Crippen molar-refractivity contribution in [1.29, 1.82) is 0 Å². The second-order valence-electron chi connectivity index (χ2n) is 6.82. The highest BCUT2D eigenvalue weighted by Crippen LogP contribution is 2.38. The van der Waals surface area contributed by atoms with E-state index in [1.54, 1.807) is 12.4 Å². The Morgan fingerprint density at radius 3 is 2.15 bits per heavy atom. The van der Waals surface area contributed by atoms with Crippen LogP contribution in [0, 0.1) is 0 Å². The molecule has 1 aliphatic heterocycles. The highest BCUT2D eigenvalue weighted by molar-refractivity contribution is 5.63. The van der Waals surface area contributed by atoms with Crippen molar-refractivity contribution in [2.24, 2.45) is 0 Å². The number of ether oxygens (including phenoxy) is 3. The summed E-state index contributed by atoms with van der Waals surface area (Å²) in [5, 5.41) is 0. The lowest BCUT2D eigenvalue weighted by atomic mass is 10.0. The van der Waals surface area contributed by atoms with Crippen molar-refractivity contribution < 1.29 is 14.2 Å². The molecule has 4 rings (SSSR count). The van der Waals surface area contributed by atoms with Crippen molar-refractivity contribution in [2.75, 3.05) is 6.61 Å². The third-order valence-corrected chi connectivity index (χ3v) is 4.91. The minimum atomic E-state index is -0.927. The topological polar surface area (TPSA) is 40.6 Å². The van der Waals surface area contributed by atoms with E-state index in [1.807, 2.05) is 44.2 Å². The number of benzene rings is 2. The predicted molar refractivity (Wildman–Crippen MR) is 104 cm³/mol. The van der Waals surface area contributed by atoms with Crippen LogP contribution in [-0.4, -0.2) is 23.8 Å². The van der Waals surface area contributed by atoms with Crippen molar-refractivity contribution in [3.8, 4) is 16.9 Å². The summed E-state index contributed by atoms with van der Waals surface area (Å²) in [6.45, 7) is 4.31. The van der Waals surface area contributed by atoms with Gasteiger partial charge in [-0.1, -0.05) is 54.6 Å². The summed E-state index contributed by atoms with van der Waals surface area (Å²) >= 11 is 0. The van der Waals surface area contributed by atoms with Gasteiger partial charge in [-0.05, 0) is 37.1 Å². The lowest BCUT2D eigenvalue weighted by Gasteiger charge is -2.28. The summed E-state index contributed by atoms with van der Waals surface area (Å²) in [5.74, 6) is -0.235. The molecule has 4 nitrogen and oxygen atoms in total. The third-order valence-electron chi connectivity index (χ3n) is 4.91. The Morgan fingerprint density at radius 2 is 1.52 bits per heavy atom. The van der Waals surface area contributed by atoms with E-state index in [2.05, 4.69) is 41.4 Å². The molecule has 0 spiro atoms. The Bertz CT molecular complexity index is 855. The van der Waals surface area contributed by atoms with Gasteiger partial charge in [0, 0.05) is 11.8 Å². The summed E-state index contributed by atoms with van der Waals surface area (Å²) in [6.07, 6.45) is 3.37. The van der Waals surface area contributed by atoms with Crippen molar-refractivity contribution in [2.45, 2.75) is 31.8 Å². The first-order valence-electron chi connectivity index (χ1n) is 9.21. The fourth-order valence-corrected chi connectivity index (χ4v) is 3.27. The molecule has 0 saturated carbocycles. The monoisotopic (exact) mass is 361 g/mol. The molecule has 1 aliphatic rings. The zero-order chi connectivity index (χ0) is 18.7. The van der Waals surface area contributed by atoms with E-state index in [4.69, 9.17) is 14.2 Å². The van der Waals surface area contributed by atoms with Crippen LogP contribution in [0.2, 0.25) is 0 Å². The van der Waals surface area contributed by atoms with Crippen LogP contribution in [0.1, 0.15) is 19.4 Å². The normalized spacial score (nSPS) is 24.7. The standard InChI is InChI=1S/C23H23NO3/c1-17-18(2)27-23(26-17,16-25-22-9-6-14-24-15-22)21-12-10-20(11-13-21)19-7-4-3-5-8-19/h3-15,17-18H,16H2,1-2H3. The summed E-state index contributed by atoms with van der Waals surface area (Å²) < 4.78 is 18.4. The second-order valence-corrected chi connectivity index (χ2v) is 6.82. The molecule has 2 heterocycles. The van der Waals surface area contributed by atoms with Crippen LogP contribution in [0.3, 0.4) is 0 Å². The molecule has 2 aromatic carbocycles. The Hall–Kier alpha value is -2.69. The molecule has 4 heteroatoms. The van der Waals surface area contributed by atoms with Gasteiger partial charge in [0.1, 0.15) is 12.4 Å². The van der Waals surface area contributed by atoms with Gasteiger partial charge in [-0.25, -0.2) is 0 Å². The average molecular weight is 361 g/mol. The lowest BCUT2D eigenvalue weighted by molar-refractivity contribution is -0.200. The Kier molecular flexibility index (Phi) is 4.92. The number of hydrogen-bond donors (Lipinski definition) is 0. The molecule has 0 amide bonds.